The molecule has 280 valence electrons. The molecule has 0 spiro atoms. The summed E-state index contributed by atoms with van der Waals surface area (Å²) in [4.78, 5) is 0. The van der Waals surface area contributed by atoms with Crippen molar-refractivity contribution < 1.29 is 10.2 Å². The lowest BCUT2D eigenvalue weighted by Crippen LogP contribution is -2.42. The Morgan fingerprint density at radius 3 is 0.776 bits per heavy atom. The van der Waals surface area contributed by atoms with Gasteiger partial charge in [0.25, 0.3) is 0 Å². The SMILES string of the molecule is OCC1(CC2(CO)c3ccccc3-c3ccccc32)c2ccccc2-c2ccccc21.c1ccc2c(c1)-c1ccccc1C2CC1c2ccccc2-c2ccccc21. The molecule has 0 radical (unpaired) electrons. The fourth-order valence-corrected chi connectivity index (χ4v) is 11.4. The van der Waals surface area contributed by atoms with E-state index >= 15 is 0 Å². The van der Waals surface area contributed by atoms with Gasteiger partial charge in [0.05, 0.1) is 13.2 Å². The average Bonchev–Trinajstić information content (AvgIpc) is 3.98. The molecule has 2 heteroatoms. The van der Waals surface area contributed by atoms with Crippen LogP contribution in [0.25, 0.3) is 44.5 Å². The van der Waals surface area contributed by atoms with Gasteiger partial charge in [-0.3, -0.25) is 0 Å². The van der Waals surface area contributed by atoms with Gasteiger partial charge in [0.2, 0.25) is 0 Å². The highest BCUT2D eigenvalue weighted by Crippen LogP contribution is 2.59. The first-order valence-corrected chi connectivity index (χ1v) is 20.6. The first kappa shape index (κ1) is 34.9. The zero-order valence-electron chi connectivity index (χ0n) is 32.4. The number of rotatable bonds is 6. The minimum Gasteiger partial charge on any atom is -0.395 e. The highest BCUT2D eigenvalue weighted by atomic mass is 16.3. The number of aliphatic hydroxyl groups is 2. The van der Waals surface area contributed by atoms with E-state index in [-0.39, 0.29) is 13.2 Å². The normalized spacial score (nSPS) is 15.5. The van der Waals surface area contributed by atoms with E-state index in [1.807, 2.05) is 0 Å². The van der Waals surface area contributed by atoms with E-state index in [1.165, 1.54) is 66.8 Å². The monoisotopic (exact) mass is 748 g/mol. The third-order valence-corrected chi connectivity index (χ3v) is 13.9. The summed E-state index contributed by atoms with van der Waals surface area (Å²) in [7, 11) is 0. The van der Waals surface area contributed by atoms with E-state index in [0.29, 0.717) is 18.3 Å². The van der Waals surface area contributed by atoms with E-state index in [2.05, 4.69) is 194 Å². The molecule has 0 amide bonds. The van der Waals surface area contributed by atoms with Crippen LogP contribution in [0.3, 0.4) is 0 Å². The quantitative estimate of drug-likeness (QED) is 0.178. The molecule has 8 aromatic carbocycles. The second-order valence-electron chi connectivity index (χ2n) is 16.5. The van der Waals surface area contributed by atoms with Crippen LogP contribution in [-0.4, -0.2) is 23.4 Å². The Hall–Kier alpha value is -6.32. The molecule has 0 bridgehead atoms. The van der Waals surface area contributed by atoms with Crippen LogP contribution in [0.5, 0.6) is 0 Å². The van der Waals surface area contributed by atoms with Gasteiger partial charge in [-0.1, -0.05) is 194 Å². The van der Waals surface area contributed by atoms with E-state index in [1.54, 1.807) is 0 Å². The Morgan fingerprint density at radius 2 is 0.517 bits per heavy atom. The molecule has 58 heavy (non-hydrogen) atoms. The number of hydrogen-bond acceptors (Lipinski definition) is 2. The molecule has 0 saturated heterocycles. The zero-order valence-corrected chi connectivity index (χ0v) is 32.4. The highest BCUT2D eigenvalue weighted by Gasteiger charge is 2.52. The van der Waals surface area contributed by atoms with E-state index in [4.69, 9.17) is 0 Å². The van der Waals surface area contributed by atoms with Crippen molar-refractivity contribution in [2.75, 3.05) is 13.2 Å². The van der Waals surface area contributed by atoms with Crippen LogP contribution >= 0.6 is 0 Å². The molecule has 0 heterocycles. The molecule has 0 unspecified atom stereocenters. The number of aliphatic hydroxyl groups excluding tert-OH is 2. The second kappa shape index (κ2) is 13.7. The summed E-state index contributed by atoms with van der Waals surface area (Å²) < 4.78 is 0. The molecule has 4 aliphatic rings. The number of fused-ring (bicyclic) bond motifs is 12. The molecule has 0 fully saturated rings. The molecule has 0 saturated carbocycles. The molecule has 0 aliphatic heterocycles. The van der Waals surface area contributed by atoms with Crippen LogP contribution < -0.4 is 0 Å². The van der Waals surface area contributed by atoms with Crippen LogP contribution in [-0.2, 0) is 10.8 Å². The van der Waals surface area contributed by atoms with Gasteiger partial charge in [0, 0.05) is 22.7 Å². The summed E-state index contributed by atoms with van der Waals surface area (Å²) in [6.45, 7) is -0.0137. The Kier molecular flexibility index (Phi) is 8.22. The van der Waals surface area contributed by atoms with Gasteiger partial charge in [-0.05, 0) is 102 Å². The fourth-order valence-electron chi connectivity index (χ4n) is 11.4. The second-order valence-corrected chi connectivity index (χ2v) is 16.5. The van der Waals surface area contributed by atoms with Crippen molar-refractivity contribution in [3.8, 4) is 44.5 Å². The van der Waals surface area contributed by atoms with Crippen molar-refractivity contribution in [1.82, 2.24) is 0 Å². The van der Waals surface area contributed by atoms with Gasteiger partial charge in [-0.25, -0.2) is 0 Å². The van der Waals surface area contributed by atoms with Crippen molar-refractivity contribution in [2.24, 2.45) is 0 Å². The lowest BCUT2D eigenvalue weighted by Gasteiger charge is -2.40. The van der Waals surface area contributed by atoms with Crippen molar-refractivity contribution in [3.05, 3.63) is 239 Å². The molecule has 12 rings (SSSR count). The van der Waals surface area contributed by atoms with Crippen LogP contribution in [0.4, 0.5) is 0 Å². The lowest BCUT2D eigenvalue weighted by atomic mass is 9.63. The predicted octanol–water partition coefficient (Wildman–Crippen LogP) is 12.3. The maximum absolute atomic E-state index is 11.0. The minimum absolute atomic E-state index is 0.00683. The Bertz CT molecular complexity index is 2490. The van der Waals surface area contributed by atoms with Gasteiger partial charge in [0.1, 0.15) is 0 Å². The highest BCUT2D eigenvalue weighted by molar-refractivity contribution is 5.85. The summed E-state index contributed by atoms with van der Waals surface area (Å²) in [5, 5.41) is 22.0. The fraction of sp³-hybridized carbons (Fsp3) is 0.143. The molecule has 0 aromatic heterocycles. The average molecular weight is 749 g/mol. The molecule has 2 N–H and O–H groups in total. The van der Waals surface area contributed by atoms with Gasteiger partial charge in [0.15, 0.2) is 0 Å². The molecule has 8 aromatic rings. The van der Waals surface area contributed by atoms with Gasteiger partial charge in [-0.15, -0.1) is 0 Å². The third kappa shape index (κ3) is 4.98. The lowest BCUT2D eigenvalue weighted by molar-refractivity contribution is 0.154. The van der Waals surface area contributed by atoms with Crippen LogP contribution in [0.15, 0.2) is 194 Å². The predicted molar refractivity (Wildman–Crippen MR) is 236 cm³/mol. The summed E-state index contributed by atoms with van der Waals surface area (Å²) >= 11 is 0. The largest absolute Gasteiger partial charge is 0.395 e. The standard InChI is InChI=1S/C29H24O2.C27H20/c30-18-28(24-13-5-1-9-20(24)21-10-2-6-14-25(21)28)17-29(19-31)26-15-7-3-11-22(26)23-12-4-8-16-27(23)29;1-5-13-22-18(9-1)19-10-2-6-14-23(19)26(22)17-27-24-15-7-3-11-20(24)21-12-4-8-16-25(21)27/h1-16,30-31H,17-19H2;1-16,26-27H,17H2. The molecule has 2 nitrogen and oxygen atoms in total. The van der Waals surface area contributed by atoms with Crippen molar-refractivity contribution >= 4 is 0 Å². The molecule has 0 atom stereocenters. The van der Waals surface area contributed by atoms with Crippen LogP contribution in [0, 0.1) is 0 Å². The molecular formula is C56H44O2. The van der Waals surface area contributed by atoms with Gasteiger partial charge in [-0.2, -0.15) is 0 Å². The number of hydrogen-bond donors (Lipinski definition) is 2. The Labute approximate surface area is 340 Å². The Morgan fingerprint density at radius 1 is 0.293 bits per heavy atom. The zero-order chi connectivity index (χ0) is 38.8. The van der Waals surface area contributed by atoms with E-state index in [9.17, 15) is 10.2 Å². The summed E-state index contributed by atoms with van der Waals surface area (Å²) in [5.41, 5.74) is 19.7. The minimum atomic E-state index is -0.583. The van der Waals surface area contributed by atoms with Crippen molar-refractivity contribution in [2.45, 2.75) is 35.5 Å². The molecular weight excluding hydrogens is 705 g/mol. The maximum atomic E-state index is 11.0. The smallest absolute Gasteiger partial charge is 0.0569 e. The van der Waals surface area contributed by atoms with Crippen molar-refractivity contribution in [1.29, 1.82) is 0 Å². The third-order valence-electron chi connectivity index (χ3n) is 13.9. The first-order valence-electron chi connectivity index (χ1n) is 20.6. The molecule has 4 aliphatic carbocycles. The van der Waals surface area contributed by atoms with Crippen LogP contribution in [0.1, 0.15) is 69.2 Å². The van der Waals surface area contributed by atoms with E-state index < -0.39 is 10.8 Å². The van der Waals surface area contributed by atoms with Crippen molar-refractivity contribution in [3.63, 3.8) is 0 Å². The van der Waals surface area contributed by atoms with Gasteiger partial charge >= 0.3 is 0 Å². The van der Waals surface area contributed by atoms with Gasteiger partial charge < -0.3 is 10.2 Å². The maximum Gasteiger partial charge on any atom is 0.0569 e. The number of benzene rings is 8. The summed E-state index contributed by atoms with van der Waals surface area (Å²) in [5.74, 6) is 0.920. The first-order chi connectivity index (χ1) is 28.7. The topological polar surface area (TPSA) is 40.5 Å². The summed E-state index contributed by atoms with van der Waals surface area (Å²) in [6, 6.07) is 69.5. The van der Waals surface area contributed by atoms with Crippen LogP contribution in [0.2, 0.25) is 0 Å². The van der Waals surface area contributed by atoms with E-state index in [0.717, 1.165) is 28.7 Å². The summed E-state index contributed by atoms with van der Waals surface area (Å²) in [6.07, 6.45) is 1.73. The Balaban J connectivity index is 0.000000134.